The van der Waals surface area contributed by atoms with Crippen molar-refractivity contribution in [3.05, 3.63) is 130 Å². The van der Waals surface area contributed by atoms with Gasteiger partial charge in [0.05, 0.1) is 18.2 Å². The second-order valence-electron chi connectivity index (χ2n) is 10.8. The molecule has 0 aromatic heterocycles. The van der Waals surface area contributed by atoms with Crippen molar-refractivity contribution in [1.29, 1.82) is 0 Å². The topological polar surface area (TPSA) is 85.3 Å². The van der Waals surface area contributed by atoms with Gasteiger partial charge in [-0.25, -0.2) is 0 Å². The average molecular weight is 576 g/mol. The van der Waals surface area contributed by atoms with Crippen LogP contribution in [0.15, 0.2) is 103 Å². The molecule has 4 aromatic carbocycles. The molecule has 7 nitrogen and oxygen atoms in total. The predicted molar refractivity (Wildman–Crippen MR) is 163 cm³/mol. The first-order valence-electron chi connectivity index (χ1n) is 14.5. The zero-order valence-corrected chi connectivity index (χ0v) is 24.2. The molecule has 2 aliphatic rings. The molecule has 2 atom stereocenters. The summed E-state index contributed by atoms with van der Waals surface area (Å²) in [5.74, 6) is 0.176. The number of ether oxygens (including phenoxy) is 3. The molecular formula is C36H33NO6. The largest absolute Gasteiger partial charge is 0.507 e. The summed E-state index contributed by atoms with van der Waals surface area (Å²) in [5, 5.41) is 11.6. The van der Waals surface area contributed by atoms with Gasteiger partial charge in [0.25, 0.3) is 11.7 Å². The zero-order chi connectivity index (χ0) is 29.9. The molecule has 0 saturated carbocycles. The summed E-state index contributed by atoms with van der Waals surface area (Å²) in [6.45, 7) is 4.81. The number of carbonyl (C=O) groups excluding carboxylic acids is 2. The number of carbonyl (C=O) groups is 2. The number of benzene rings is 4. The number of aliphatic hydroxyl groups excluding tert-OH is 1. The van der Waals surface area contributed by atoms with E-state index in [2.05, 4.69) is 0 Å². The van der Waals surface area contributed by atoms with Crippen LogP contribution in [0.1, 0.15) is 47.7 Å². The number of likely N-dealkylation sites (tertiary alicyclic amines) is 1. The molecule has 1 saturated heterocycles. The van der Waals surface area contributed by atoms with Crippen molar-refractivity contribution in [3.8, 4) is 17.2 Å². The van der Waals surface area contributed by atoms with Gasteiger partial charge in [-0.15, -0.1) is 0 Å². The Balaban J connectivity index is 1.43. The van der Waals surface area contributed by atoms with Crippen molar-refractivity contribution in [2.24, 2.45) is 0 Å². The third-order valence-corrected chi connectivity index (χ3v) is 7.73. The molecule has 6 rings (SSSR count). The van der Waals surface area contributed by atoms with E-state index in [1.165, 1.54) is 4.90 Å². The molecule has 0 spiro atoms. The Kier molecular flexibility index (Phi) is 7.88. The minimum absolute atomic E-state index is 0.0310. The Hall–Kier alpha value is -5.04. The van der Waals surface area contributed by atoms with E-state index < -0.39 is 17.7 Å². The Bertz CT molecular complexity index is 1680. The normalized spacial score (nSPS) is 18.8. The van der Waals surface area contributed by atoms with Crippen LogP contribution in [-0.2, 0) is 29.2 Å². The summed E-state index contributed by atoms with van der Waals surface area (Å²) >= 11 is 0. The lowest BCUT2D eigenvalue weighted by atomic mass is 9.94. The standard InChI is InChI=1S/C36H33NO6/c1-3-41-31-20-26(14-17-30(31)42-22-25-12-8-5-9-13-25)33-32(34(38)27-15-16-29-28(19-27)18-23(2)43-29)35(39)36(40)37(33)21-24-10-6-4-7-11-24/h4-17,19-20,23,33,38H,3,18,21-22H2,1-2H3/t23-,33+/m1/s1. The van der Waals surface area contributed by atoms with Gasteiger partial charge < -0.3 is 24.2 Å². The van der Waals surface area contributed by atoms with Crippen LogP contribution in [0, 0.1) is 0 Å². The van der Waals surface area contributed by atoms with Crippen LogP contribution < -0.4 is 14.2 Å². The Morgan fingerprint density at radius 2 is 1.60 bits per heavy atom. The van der Waals surface area contributed by atoms with Crippen molar-refractivity contribution < 1.29 is 28.9 Å². The predicted octanol–water partition coefficient (Wildman–Crippen LogP) is 6.61. The SMILES string of the molecule is CCOc1cc([C@H]2C(=C(O)c3ccc4c(c3)C[C@@H](C)O4)C(=O)C(=O)N2Cc2ccccc2)ccc1OCc1ccccc1. The lowest BCUT2D eigenvalue weighted by molar-refractivity contribution is -0.140. The lowest BCUT2D eigenvalue weighted by Crippen LogP contribution is -2.29. The maximum absolute atomic E-state index is 13.6. The van der Waals surface area contributed by atoms with Crippen molar-refractivity contribution in [1.82, 2.24) is 4.90 Å². The first kappa shape index (κ1) is 28.1. The van der Waals surface area contributed by atoms with Crippen LogP contribution in [0.5, 0.6) is 17.2 Å². The number of aliphatic hydroxyl groups is 1. The van der Waals surface area contributed by atoms with Gasteiger partial charge in [0, 0.05) is 18.5 Å². The first-order chi connectivity index (χ1) is 20.9. The van der Waals surface area contributed by atoms with Crippen LogP contribution in [0.3, 0.4) is 0 Å². The molecular weight excluding hydrogens is 542 g/mol. The molecule has 218 valence electrons. The molecule has 1 amide bonds. The number of amides is 1. The fourth-order valence-corrected chi connectivity index (χ4v) is 5.71. The van der Waals surface area contributed by atoms with E-state index in [0.29, 0.717) is 42.3 Å². The fourth-order valence-electron chi connectivity index (χ4n) is 5.71. The summed E-state index contributed by atoms with van der Waals surface area (Å²) in [5.41, 5.74) is 3.96. The minimum atomic E-state index is -0.842. The third-order valence-electron chi connectivity index (χ3n) is 7.73. The van der Waals surface area contributed by atoms with Gasteiger partial charge in [0.2, 0.25) is 0 Å². The summed E-state index contributed by atoms with van der Waals surface area (Å²) < 4.78 is 17.9. The molecule has 0 bridgehead atoms. The molecule has 4 aromatic rings. The van der Waals surface area contributed by atoms with Crippen LogP contribution in [0.25, 0.3) is 5.76 Å². The Morgan fingerprint density at radius 1 is 0.884 bits per heavy atom. The summed E-state index contributed by atoms with van der Waals surface area (Å²) in [7, 11) is 0. The van der Waals surface area contributed by atoms with Gasteiger partial charge in [0.15, 0.2) is 11.5 Å². The minimum Gasteiger partial charge on any atom is -0.507 e. The third kappa shape index (κ3) is 5.71. The number of rotatable bonds is 9. The van der Waals surface area contributed by atoms with Crippen LogP contribution in [0.2, 0.25) is 0 Å². The van der Waals surface area contributed by atoms with Gasteiger partial charge in [-0.1, -0.05) is 66.7 Å². The van der Waals surface area contributed by atoms with E-state index in [9.17, 15) is 14.7 Å². The van der Waals surface area contributed by atoms with Crippen molar-refractivity contribution in [2.45, 2.75) is 45.6 Å². The van der Waals surface area contributed by atoms with E-state index in [0.717, 1.165) is 22.4 Å². The van der Waals surface area contributed by atoms with Crippen LogP contribution in [0.4, 0.5) is 0 Å². The van der Waals surface area contributed by atoms with Gasteiger partial charge in [0.1, 0.15) is 24.2 Å². The number of hydrogen-bond acceptors (Lipinski definition) is 6. The summed E-state index contributed by atoms with van der Waals surface area (Å²) in [4.78, 5) is 28.7. The molecule has 1 N–H and O–H groups in total. The zero-order valence-electron chi connectivity index (χ0n) is 24.2. The van der Waals surface area contributed by atoms with E-state index in [1.54, 1.807) is 24.3 Å². The van der Waals surface area contributed by atoms with E-state index in [-0.39, 0.29) is 24.0 Å². The molecule has 2 heterocycles. The van der Waals surface area contributed by atoms with Gasteiger partial charge in [-0.3, -0.25) is 9.59 Å². The maximum atomic E-state index is 13.6. The highest BCUT2D eigenvalue weighted by Gasteiger charge is 2.46. The molecule has 43 heavy (non-hydrogen) atoms. The Labute approximate surface area is 250 Å². The summed E-state index contributed by atoms with van der Waals surface area (Å²) in [6.07, 6.45) is 0.730. The van der Waals surface area contributed by atoms with Crippen LogP contribution in [-0.4, -0.2) is 34.4 Å². The number of hydrogen-bond donors (Lipinski definition) is 1. The molecule has 2 aliphatic heterocycles. The fraction of sp³-hybridized carbons (Fsp3) is 0.222. The Morgan fingerprint density at radius 3 is 2.33 bits per heavy atom. The van der Waals surface area contributed by atoms with Crippen LogP contribution >= 0.6 is 0 Å². The number of Topliss-reactive ketones (excluding diaryl/α,β-unsaturated/α-hetero) is 1. The van der Waals surface area contributed by atoms with Crippen molar-refractivity contribution in [3.63, 3.8) is 0 Å². The highest BCUT2D eigenvalue weighted by Crippen LogP contribution is 2.43. The quantitative estimate of drug-likeness (QED) is 0.137. The molecule has 0 radical (unpaired) electrons. The van der Waals surface area contributed by atoms with Crippen molar-refractivity contribution in [2.75, 3.05) is 6.61 Å². The highest BCUT2D eigenvalue weighted by atomic mass is 16.5. The van der Waals surface area contributed by atoms with Gasteiger partial charge in [-0.2, -0.15) is 0 Å². The summed E-state index contributed by atoms with van der Waals surface area (Å²) in [6, 6.07) is 29.2. The maximum Gasteiger partial charge on any atom is 0.295 e. The smallest absolute Gasteiger partial charge is 0.295 e. The number of ketones is 1. The first-order valence-corrected chi connectivity index (χ1v) is 14.5. The molecule has 7 heteroatoms. The van der Waals surface area contributed by atoms with E-state index in [4.69, 9.17) is 14.2 Å². The molecule has 1 fully saturated rings. The molecule has 0 aliphatic carbocycles. The van der Waals surface area contributed by atoms with E-state index >= 15 is 0 Å². The highest BCUT2D eigenvalue weighted by molar-refractivity contribution is 6.46. The number of nitrogens with zero attached hydrogens (tertiary/aromatic N) is 1. The lowest BCUT2D eigenvalue weighted by Gasteiger charge is -2.26. The van der Waals surface area contributed by atoms with Crippen molar-refractivity contribution >= 4 is 17.4 Å². The average Bonchev–Trinajstić information content (AvgIpc) is 3.52. The van der Waals surface area contributed by atoms with Gasteiger partial charge >= 0.3 is 0 Å². The second-order valence-corrected chi connectivity index (χ2v) is 10.8. The van der Waals surface area contributed by atoms with E-state index in [1.807, 2.05) is 86.6 Å². The second kappa shape index (κ2) is 12.1. The molecule has 0 unspecified atom stereocenters. The monoisotopic (exact) mass is 575 g/mol. The number of fused-ring (bicyclic) bond motifs is 1. The van der Waals surface area contributed by atoms with Gasteiger partial charge in [-0.05, 0) is 66.4 Å².